The predicted octanol–water partition coefficient (Wildman–Crippen LogP) is 3.37. The standard InChI is InChI=1S/C15H16N2/c1-2-4-15-11(3-1)9-14(10-16-15)17-12-5-6-13(17)8-7-12/h1-4,9-10,12-13H,5-8H2. The Balaban J connectivity index is 1.81. The van der Waals surface area contributed by atoms with Gasteiger partial charge >= 0.3 is 0 Å². The van der Waals surface area contributed by atoms with Gasteiger partial charge in [-0.25, -0.2) is 0 Å². The monoisotopic (exact) mass is 224 g/mol. The van der Waals surface area contributed by atoms with Crippen molar-refractivity contribution in [2.75, 3.05) is 4.90 Å². The second kappa shape index (κ2) is 3.46. The number of nitrogens with zero attached hydrogens (tertiary/aromatic N) is 2. The molecule has 1 aromatic heterocycles. The van der Waals surface area contributed by atoms with Crippen molar-refractivity contribution in [2.24, 2.45) is 0 Å². The molecule has 86 valence electrons. The van der Waals surface area contributed by atoms with Crippen LogP contribution >= 0.6 is 0 Å². The largest absolute Gasteiger partial charge is 0.364 e. The topological polar surface area (TPSA) is 16.1 Å². The molecule has 0 amide bonds. The number of fused-ring (bicyclic) bond motifs is 3. The highest BCUT2D eigenvalue weighted by Crippen LogP contribution is 2.41. The summed E-state index contributed by atoms with van der Waals surface area (Å²) in [6.45, 7) is 0. The van der Waals surface area contributed by atoms with Gasteiger partial charge in [0.25, 0.3) is 0 Å². The van der Waals surface area contributed by atoms with Crippen LogP contribution in [-0.4, -0.2) is 17.1 Å². The molecule has 2 heteroatoms. The summed E-state index contributed by atoms with van der Waals surface area (Å²) in [5, 5.41) is 1.26. The summed E-state index contributed by atoms with van der Waals surface area (Å²) in [5.41, 5.74) is 2.43. The number of para-hydroxylation sites is 1. The Labute approximate surface area is 101 Å². The molecule has 2 aliphatic rings. The SMILES string of the molecule is c1ccc2ncc(N3C4CCC3CC4)cc2c1. The molecule has 1 aromatic carbocycles. The Morgan fingerprint density at radius 3 is 2.47 bits per heavy atom. The van der Waals surface area contributed by atoms with Crippen molar-refractivity contribution in [3.8, 4) is 0 Å². The average molecular weight is 224 g/mol. The molecular weight excluding hydrogens is 208 g/mol. The van der Waals surface area contributed by atoms with Gasteiger partial charge in [-0.05, 0) is 37.8 Å². The van der Waals surface area contributed by atoms with Crippen LogP contribution in [0.15, 0.2) is 36.5 Å². The average Bonchev–Trinajstić information content (AvgIpc) is 2.98. The van der Waals surface area contributed by atoms with E-state index in [-0.39, 0.29) is 0 Å². The Kier molecular flexibility index (Phi) is 1.92. The Morgan fingerprint density at radius 1 is 1.00 bits per heavy atom. The lowest BCUT2D eigenvalue weighted by molar-refractivity contribution is 0.576. The molecule has 0 unspecified atom stereocenters. The summed E-state index contributed by atoms with van der Waals surface area (Å²) in [5.74, 6) is 0. The molecule has 0 radical (unpaired) electrons. The van der Waals surface area contributed by atoms with Gasteiger partial charge in [0.05, 0.1) is 17.4 Å². The fraction of sp³-hybridized carbons (Fsp3) is 0.400. The first-order valence-corrected chi connectivity index (χ1v) is 6.55. The van der Waals surface area contributed by atoms with E-state index in [9.17, 15) is 0 Å². The smallest absolute Gasteiger partial charge is 0.0703 e. The highest BCUT2D eigenvalue weighted by atomic mass is 15.2. The maximum atomic E-state index is 4.58. The normalized spacial score (nSPS) is 26.9. The summed E-state index contributed by atoms with van der Waals surface area (Å²) in [6.07, 6.45) is 7.54. The number of rotatable bonds is 1. The zero-order chi connectivity index (χ0) is 11.2. The molecule has 0 N–H and O–H groups in total. The molecule has 0 aliphatic carbocycles. The first-order valence-electron chi connectivity index (χ1n) is 6.55. The number of benzene rings is 1. The molecule has 2 fully saturated rings. The van der Waals surface area contributed by atoms with Crippen LogP contribution in [0.1, 0.15) is 25.7 Å². The Hall–Kier alpha value is -1.57. The minimum atomic E-state index is 0.781. The van der Waals surface area contributed by atoms with E-state index in [4.69, 9.17) is 0 Å². The predicted molar refractivity (Wildman–Crippen MR) is 70.3 cm³/mol. The zero-order valence-electron chi connectivity index (χ0n) is 9.84. The molecule has 0 saturated carbocycles. The third kappa shape index (κ3) is 1.36. The van der Waals surface area contributed by atoms with Gasteiger partial charge in [-0.15, -0.1) is 0 Å². The van der Waals surface area contributed by atoms with Gasteiger partial charge in [-0.2, -0.15) is 0 Å². The molecular formula is C15H16N2. The van der Waals surface area contributed by atoms with Gasteiger partial charge in [-0.1, -0.05) is 18.2 Å². The second-order valence-electron chi connectivity index (χ2n) is 5.26. The van der Waals surface area contributed by atoms with E-state index in [1.54, 1.807) is 0 Å². The van der Waals surface area contributed by atoms with E-state index in [1.807, 2.05) is 0 Å². The van der Waals surface area contributed by atoms with Crippen LogP contribution in [0.3, 0.4) is 0 Å². The first-order chi connectivity index (χ1) is 8.42. The molecule has 17 heavy (non-hydrogen) atoms. The van der Waals surface area contributed by atoms with E-state index >= 15 is 0 Å². The van der Waals surface area contributed by atoms with Gasteiger partial charge in [0.1, 0.15) is 0 Å². The molecule has 4 rings (SSSR count). The van der Waals surface area contributed by atoms with Gasteiger partial charge in [0.2, 0.25) is 0 Å². The van der Waals surface area contributed by atoms with Crippen LogP contribution in [0.4, 0.5) is 5.69 Å². The van der Waals surface area contributed by atoms with Crippen LogP contribution < -0.4 is 4.90 Å². The third-order valence-electron chi connectivity index (χ3n) is 4.33. The fourth-order valence-corrected chi connectivity index (χ4v) is 3.53. The van der Waals surface area contributed by atoms with Gasteiger partial charge in [-0.3, -0.25) is 4.98 Å². The molecule has 3 heterocycles. The number of anilines is 1. The minimum Gasteiger partial charge on any atom is -0.364 e. The molecule has 2 aromatic rings. The highest BCUT2D eigenvalue weighted by Gasteiger charge is 2.39. The number of hydrogen-bond acceptors (Lipinski definition) is 2. The summed E-state index contributed by atoms with van der Waals surface area (Å²) in [7, 11) is 0. The maximum Gasteiger partial charge on any atom is 0.0703 e. The van der Waals surface area contributed by atoms with Crippen LogP contribution in [0.25, 0.3) is 10.9 Å². The van der Waals surface area contributed by atoms with E-state index in [1.165, 1.54) is 36.8 Å². The van der Waals surface area contributed by atoms with Crippen LogP contribution in [0.5, 0.6) is 0 Å². The lowest BCUT2D eigenvalue weighted by Crippen LogP contribution is -2.27. The summed E-state index contributed by atoms with van der Waals surface area (Å²) >= 11 is 0. The summed E-state index contributed by atoms with van der Waals surface area (Å²) in [4.78, 5) is 7.19. The minimum absolute atomic E-state index is 0.781. The van der Waals surface area contributed by atoms with Crippen molar-refractivity contribution >= 4 is 16.6 Å². The summed E-state index contributed by atoms with van der Waals surface area (Å²) < 4.78 is 0. The fourth-order valence-electron chi connectivity index (χ4n) is 3.53. The molecule has 2 saturated heterocycles. The van der Waals surface area contributed by atoms with E-state index in [2.05, 4.69) is 46.4 Å². The van der Waals surface area contributed by atoms with Crippen molar-refractivity contribution in [1.82, 2.24) is 4.98 Å². The third-order valence-corrected chi connectivity index (χ3v) is 4.33. The van der Waals surface area contributed by atoms with Crippen molar-refractivity contribution < 1.29 is 0 Å². The lowest BCUT2D eigenvalue weighted by atomic mass is 10.0. The van der Waals surface area contributed by atoms with E-state index < -0.39 is 0 Å². The quantitative estimate of drug-likeness (QED) is 0.738. The van der Waals surface area contributed by atoms with Crippen LogP contribution in [-0.2, 0) is 0 Å². The van der Waals surface area contributed by atoms with Crippen molar-refractivity contribution in [3.63, 3.8) is 0 Å². The van der Waals surface area contributed by atoms with Crippen molar-refractivity contribution in [3.05, 3.63) is 36.5 Å². The zero-order valence-corrected chi connectivity index (χ0v) is 9.84. The van der Waals surface area contributed by atoms with Gasteiger partial charge < -0.3 is 4.90 Å². The molecule has 2 nitrogen and oxygen atoms in total. The van der Waals surface area contributed by atoms with Crippen molar-refractivity contribution in [1.29, 1.82) is 0 Å². The van der Waals surface area contributed by atoms with Gasteiger partial charge in [0.15, 0.2) is 0 Å². The molecule has 2 bridgehead atoms. The first kappa shape index (κ1) is 9.46. The maximum absolute atomic E-state index is 4.58. The molecule has 2 aliphatic heterocycles. The lowest BCUT2D eigenvalue weighted by Gasteiger charge is -2.24. The Morgan fingerprint density at radius 2 is 1.71 bits per heavy atom. The number of hydrogen-bond donors (Lipinski definition) is 0. The van der Waals surface area contributed by atoms with Crippen molar-refractivity contribution in [2.45, 2.75) is 37.8 Å². The molecule has 0 spiro atoms. The second-order valence-corrected chi connectivity index (χ2v) is 5.26. The van der Waals surface area contributed by atoms with Crippen LogP contribution in [0, 0.1) is 0 Å². The Bertz CT molecular complexity index is 544. The van der Waals surface area contributed by atoms with E-state index in [0.29, 0.717) is 0 Å². The summed E-state index contributed by atoms with van der Waals surface area (Å²) in [6, 6.07) is 12.2. The van der Waals surface area contributed by atoms with E-state index in [0.717, 1.165) is 17.6 Å². The van der Waals surface area contributed by atoms with Gasteiger partial charge in [0, 0.05) is 17.5 Å². The van der Waals surface area contributed by atoms with Crippen LogP contribution in [0.2, 0.25) is 0 Å². The number of pyridine rings is 1. The number of aromatic nitrogens is 1. The molecule has 0 atom stereocenters. The highest BCUT2D eigenvalue weighted by molar-refractivity contribution is 5.81.